The summed E-state index contributed by atoms with van der Waals surface area (Å²) >= 11 is 0. The van der Waals surface area contributed by atoms with Crippen molar-refractivity contribution in [2.75, 3.05) is 37.7 Å². The largest absolute Gasteiger partial charge is 0.494 e. The Balaban J connectivity index is 1.19. The lowest BCUT2D eigenvalue weighted by atomic mass is 10.1. The Kier molecular flexibility index (Phi) is 8.52. The lowest BCUT2D eigenvalue weighted by molar-refractivity contribution is -0.121. The number of para-hydroxylation sites is 1. The van der Waals surface area contributed by atoms with Gasteiger partial charge >= 0.3 is 0 Å². The number of nitrogens with zero attached hydrogens (tertiary/aromatic N) is 2. The smallest absolute Gasteiger partial charge is 0.220 e. The van der Waals surface area contributed by atoms with Crippen LogP contribution in [-0.2, 0) is 17.9 Å². The summed E-state index contributed by atoms with van der Waals surface area (Å²) in [6.45, 7) is 5.90. The van der Waals surface area contributed by atoms with Crippen LogP contribution in [0.25, 0.3) is 0 Å². The van der Waals surface area contributed by atoms with Gasteiger partial charge in [0.25, 0.3) is 0 Å². The molecule has 178 valence electrons. The second-order valence-electron chi connectivity index (χ2n) is 8.55. The van der Waals surface area contributed by atoms with Gasteiger partial charge in [0.1, 0.15) is 11.6 Å². The number of hydrogen-bond donors (Lipinski definition) is 1. The minimum Gasteiger partial charge on any atom is -0.494 e. The molecule has 5 nitrogen and oxygen atoms in total. The highest BCUT2D eigenvalue weighted by atomic mass is 19.1. The van der Waals surface area contributed by atoms with E-state index in [4.69, 9.17) is 4.74 Å². The highest BCUT2D eigenvalue weighted by Crippen LogP contribution is 2.18. The Labute approximate surface area is 201 Å². The average Bonchev–Trinajstić information content (AvgIpc) is 2.88. The molecule has 3 aromatic rings. The predicted octanol–water partition coefficient (Wildman–Crippen LogP) is 4.62. The molecule has 4 rings (SSSR count). The van der Waals surface area contributed by atoms with Crippen molar-refractivity contribution in [3.05, 3.63) is 95.8 Å². The van der Waals surface area contributed by atoms with E-state index in [1.54, 1.807) is 12.1 Å². The number of anilines is 1. The predicted molar refractivity (Wildman–Crippen MR) is 133 cm³/mol. The van der Waals surface area contributed by atoms with Gasteiger partial charge in [-0.2, -0.15) is 0 Å². The summed E-state index contributed by atoms with van der Waals surface area (Å²) in [7, 11) is 0. The van der Waals surface area contributed by atoms with Crippen LogP contribution < -0.4 is 15.0 Å². The molecule has 0 saturated carbocycles. The first-order chi connectivity index (χ1) is 16.7. The van der Waals surface area contributed by atoms with Gasteiger partial charge in [0.05, 0.1) is 6.61 Å². The molecule has 1 amide bonds. The second-order valence-corrected chi connectivity index (χ2v) is 8.55. The minimum atomic E-state index is -0.290. The number of ether oxygens (including phenoxy) is 1. The Morgan fingerprint density at radius 2 is 1.53 bits per heavy atom. The minimum absolute atomic E-state index is 0.00832. The lowest BCUT2D eigenvalue weighted by Crippen LogP contribution is -2.46. The number of nitrogens with one attached hydrogen (secondary N) is 1. The molecule has 1 saturated heterocycles. The number of carbonyl (C=O) groups excluding carboxylic acids is 1. The van der Waals surface area contributed by atoms with Crippen LogP contribution in [0.15, 0.2) is 78.9 Å². The fourth-order valence-electron chi connectivity index (χ4n) is 4.16. The van der Waals surface area contributed by atoms with Crippen molar-refractivity contribution in [1.82, 2.24) is 10.2 Å². The molecule has 1 aliphatic heterocycles. The van der Waals surface area contributed by atoms with Gasteiger partial charge in [0, 0.05) is 51.4 Å². The monoisotopic (exact) mass is 461 g/mol. The van der Waals surface area contributed by atoms with Crippen LogP contribution in [0.1, 0.15) is 24.0 Å². The van der Waals surface area contributed by atoms with Crippen molar-refractivity contribution in [2.24, 2.45) is 0 Å². The normalized spacial score (nSPS) is 14.1. The zero-order valence-electron chi connectivity index (χ0n) is 19.5. The SMILES string of the molecule is O=C(CCCOc1ccc(F)cc1)NCc1ccccc1CN1CCN(c2ccccc2)CC1. The summed E-state index contributed by atoms with van der Waals surface area (Å²) in [6, 6.07) is 24.8. The van der Waals surface area contributed by atoms with Crippen LogP contribution in [0.2, 0.25) is 0 Å². The van der Waals surface area contributed by atoms with E-state index in [1.165, 1.54) is 23.4 Å². The van der Waals surface area contributed by atoms with Crippen molar-refractivity contribution in [3.8, 4) is 5.75 Å². The Morgan fingerprint density at radius 3 is 2.26 bits per heavy atom. The number of carbonyl (C=O) groups is 1. The standard InChI is InChI=1S/C28H32FN3O2/c29-25-12-14-27(15-13-25)34-20-6-11-28(33)30-21-23-7-4-5-8-24(23)22-31-16-18-32(19-17-31)26-9-2-1-3-10-26/h1-5,7-10,12-15H,6,11,16-22H2,(H,30,33). The van der Waals surface area contributed by atoms with Crippen LogP contribution >= 0.6 is 0 Å². The van der Waals surface area contributed by atoms with Crippen LogP contribution in [0.5, 0.6) is 5.75 Å². The van der Waals surface area contributed by atoms with Gasteiger partial charge in [-0.1, -0.05) is 42.5 Å². The van der Waals surface area contributed by atoms with E-state index in [2.05, 4.69) is 63.6 Å². The highest BCUT2D eigenvalue weighted by Gasteiger charge is 2.18. The number of piperazine rings is 1. The van der Waals surface area contributed by atoms with Crippen LogP contribution in [0.3, 0.4) is 0 Å². The quantitative estimate of drug-likeness (QED) is 0.448. The molecule has 6 heteroatoms. The molecule has 0 aliphatic carbocycles. The van der Waals surface area contributed by atoms with Gasteiger partial charge in [-0.05, 0) is 53.9 Å². The van der Waals surface area contributed by atoms with E-state index < -0.39 is 0 Å². The first-order valence-electron chi connectivity index (χ1n) is 11.9. The maximum atomic E-state index is 12.9. The first kappa shape index (κ1) is 23.8. The average molecular weight is 462 g/mol. The van der Waals surface area contributed by atoms with E-state index in [9.17, 15) is 9.18 Å². The van der Waals surface area contributed by atoms with Crippen molar-refractivity contribution < 1.29 is 13.9 Å². The molecule has 1 fully saturated rings. The summed E-state index contributed by atoms with van der Waals surface area (Å²) in [5, 5.41) is 3.04. The molecule has 1 heterocycles. The van der Waals surface area contributed by atoms with E-state index in [0.29, 0.717) is 31.7 Å². The zero-order valence-corrected chi connectivity index (χ0v) is 19.5. The highest BCUT2D eigenvalue weighted by molar-refractivity contribution is 5.75. The first-order valence-corrected chi connectivity index (χ1v) is 11.9. The number of benzene rings is 3. The molecule has 1 aliphatic rings. The topological polar surface area (TPSA) is 44.8 Å². The van der Waals surface area contributed by atoms with Gasteiger partial charge in [-0.3, -0.25) is 9.69 Å². The van der Waals surface area contributed by atoms with Gasteiger partial charge in [-0.25, -0.2) is 4.39 Å². The van der Waals surface area contributed by atoms with Crippen molar-refractivity contribution >= 4 is 11.6 Å². The van der Waals surface area contributed by atoms with Crippen molar-refractivity contribution in [1.29, 1.82) is 0 Å². The summed E-state index contributed by atoms with van der Waals surface area (Å²) in [4.78, 5) is 17.2. The maximum Gasteiger partial charge on any atom is 0.220 e. The number of halogens is 1. The van der Waals surface area contributed by atoms with Gasteiger partial charge in [-0.15, -0.1) is 0 Å². The Bertz CT molecular complexity index is 1040. The molecule has 0 radical (unpaired) electrons. The van der Waals surface area contributed by atoms with Crippen LogP contribution in [-0.4, -0.2) is 43.6 Å². The van der Waals surface area contributed by atoms with Crippen molar-refractivity contribution in [2.45, 2.75) is 25.9 Å². The molecular formula is C28H32FN3O2. The third-order valence-corrected chi connectivity index (χ3v) is 6.11. The molecule has 1 N–H and O–H groups in total. The van der Waals surface area contributed by atoms with Crippen LogP contribution in [0, 0.1) is 5.82 Å². The molecule has 0 spiro atoms. The second kappa shape index (κ2) is 12.2. The Hall–Kier alpha value is -3.38. The van der Waals surface area contributed by atoms with Gasteiger partial charge < -0.3 is 15.0 Å². The van der Waals surface area contributed by atoms with Crippen LogP contribution in [0.4, 0.5) is 10.1 Å². The summed E-state index contributed by atoms with van der Waals surface area (Å²) in [6.07, 6.45) is 1.00. The Morgan fingerprint density at radius 1 is 0.853 bits per heavy atom. The van der Waals surface area contributed by atoms with Gasteiger partial charge in [0.15, 0.2) is 0 Å². The molecule has 34 heavy (non-hydrogen) atoms. The molecular weight excluding hydrogens is 429 g/mol. The fraction of sp³-hybridized carbons (Fsp3) is 0.321. The summed E-state index contributed by atoms with van der Waals surface area (Å²) < 4.78 is 18.5. The van der Waals surface area contributed by atoms with Gasteiger partial charge in [0.2, 0.25) is 5.91 Å². The lowest BCUT2D eigenvalue weighted by Gasteiger charge is -2.36. The van der Waals surface area contributed by atoms with E-state index in [0.717, 1.165) is 38.3 Å². The maximum absolute atomic E-state index is 12.9. The molecule has 0 aromatic heterocycles. The third-order valence-electron chi connectivity index (χ3n) is 6.11. The third kappa shape index (κ3) is 7.06. The fourth-order valence-corrected chi connectivity index (χ4v) is 4.16. The molecule has 0 unspecified atom stereocenters. The summed E-state index contributed by atoms with van der Waals surface area (Å²) in [5.41, 5.74) is 3.70. The van der Waals surface area contributed by atoms with E-state index in [1.807, 2.05) is 6.07 Å². The molecule has 3 aromatic carbocycles. The number of hydrogen-bond acceptors (Lipinski definition) is 4. The molecule has 0 bridgehead atoms. The number of amides is 1. The summed E-state index contributed by atoms with van der Waals surface area (Å²) in [5.74, 6) is 0.329. The van der Waals surface area contributed by atoms with E-state index >= 15 is 0 Å². The molecule has 0 atom stereocenters. The zero-order chi connectivity index (χ0) is 23.6. The number of rotatable bonds is 10. The van der Waals surface area contributed by atoms with Crippen molar-refractivity contribution in [3.63, 3.8) is 0 Å². The van der Waals surface area contributed by atoms with E-state index in [-0.39, 0.29) is 11.7 Å².